The molecule has 0 atom stereocenters. The van der Waals surface area contributed by atoms with Crippen molar-refractivity contribution in [1.29, 1.82) is 0 Å². The van der Waals surface area contributed by atoms with E-state index in [1.54, 1.807) is 0 Å². The molecule has 1 aliphatic heterocycles. The van der Waals surface area contributed by atoms with Gasteiger partial charge in [-0.25, -0.2) is 0 Å². The average molecular weight is 197 g/mol. The Morgan fingerprint density at radius 1 is 0.857 bits per heavy atom. The van der Waals surface area contributed by atoms with Crippen LogP contribution in [-0.2, 0) is 4.74 Å². The van der Waals surface area contributed by atoms with E-state index in [9.17, 15) is 0 Å². The molecule has 0 radical (unpaired) electrons. The zero-order chi connectivity index (χ0) is 9.80. The Balaban J connectivity index is 1.68. The van der Waals surface area contributed by atoms with Crippen molar-refractivity contribution in [2.75, 3.05) is 13.2 Å². The van der Waals surface area contributed by atoms with E-state index in [2.05, 4.69) is 0 Å². The van der Waals surface area contributed by atoms with Gasteiger partial charge in [-0.3, -0.25) is 0 Å². The standard InChI is InChI=1S/C12H23NO/c13-12-3-1-10(2-4-12)9-11-5-7-14-8-6-11/h10-12H,1-9,13H2. The lowest BCUT2D eigenvalue weighted by Gasteiger charge is -2.30. The van der Waals surface area contributed by atoms with Gasteiger partial charge in [0.05, 0.1) is 0 Å². The quantitative estimate of drug-likeness (QED) is 0.737. The Morgan fingerprint density at radius 2 is 1.43 bits per heavy atom. The molecule has 0 aromatic rings. The summed E-state index contributed by atoms with van der Waals surface area (Å²) >= 11 is 0. The Labute approximate surface area is 87.2 Å². The lowest BCUT2D eigenvalue weighted by molar-refractivity contribution is 0.0558. The van der Waals surface area contributed by atoms with Crippen LogP contribution in [-0.4, -0.2) is 19.3 Å². The minimum atomic E-state index is 0.501. The highest BCUT2D eigenvalue weighted by molar-refractivity contribution is 4.77. The summed E-state index contributed by atoms with van der Waals surface area (Å²) in [5.74, 6) is 1.92. The van der Waals surface area contributed by atoms with E-state index >= 15 is 0 Å². The maximum atomic E-state index is 5.91. The average Bonchev–Trinajstić information content (AvgIpc) is 2.23. The summed E-state index contributed by atoms with van der Waals surface area (Å²) in [4.78, 5) is 0. The van der Waals surface area contributed by atoms with Gasteiger partial charge >= 0.3 is 0 Å². The first-order valence-corrected chi connectivity index (χ1v) is 6.18. The third kappa shape index (κ3) is 2.96. The summed E-state index contributed by atoms with van der Waals surface area (Å²) in [7, 11) is 0. The first-order chi connectivity index (χ1) is 6.84. The molecule has 0 spiro atoms. The summed E-state index contributed by atoms with van der Waals surface area (Å²) in [5.41, 5.74) is 5.91. The molecular formula is C12H23NO. The normalized spacial score (nSPS) is 35.8. The van der Waals surface area contributed by atoms with Crippen LogP contribution in [0.2, 0.25) is 0 Å². The monoisotopic (exact) mass is 197 g/mol. The van der Waals surface area contributed by atoms with Crippen molar-refractivity contribution in [2.24, 2.45) is 17.6 Å². The van der Waals surface area contributed by atoms with Crippen LogP contribution in [0, 0.1) is 11.8 Å². The highest BCUT2D eigenvalue weighted by Gasteiger charge is 2.23. The van der Waals surface area contributed by atoms with E-state index in [0.29, 0.717) is 6.04 Å². The summed E-state index contributed by atoms with van der Waals surface area (Å²) in [6.07, 6.45) is 9.29. The van der Waals surface area contributed by atoms with Gasteiger partial charge in [-0.15, -0.1) is 0 Å². The zero-order valence-corrected chi connectivity index (χ0v) is 9.08. The van der Waals surface area contributed by atoms with E-state index in [1.807, 2.05) is 0 Å². The van der Waals surface area contributed by atoms with Crippen LogP contribution in [0.3, 0.4) is 0 Å². The lowest BCUT2D eigenvalue weighted by Crippen LogP contribution is -2.28. The fraction of sp³-hybridized carbons (Fsp3) is 1.00. The van der Waals surface area contributed by atoms with Gasteiger partial charge in [0.1, 0.15) is 0 Å². The second-order valence-electron chi connectivity index (χ2n) is 5.07. The van der Waals surface area contributed by atoms with Crippen molar-refractivity contribution in [2.45, 2.75) is 51.0 Å². The minimum absolute atomic E-state index is 0.501. The molecular weight excluding hydrogens is 174 g/mol. The van der Waals surface area contributed by atoms with Crippen LogP contribution >= 0.6 is 0 Å². The molecule has 1 saturated heterocycles. The summed E-state index contributed by atoms with van der Waals surface area (Å²) in [6.45, 7) is 1.99. The number of nitrogens with two attached hydrogens (primary N) is 1. The third-order valence-electron chi connectivity index (χ3n) is 3.90. The molecule has 0 amide bonds. The van der Waals surface area contributed by atoms with E-state index in [-0.39, 0.29) is 0 Å². The van der Waals surface area contributed by atoms with Crippen molar-refractivity contribution in [3.8, 4) is 0 Å². The molecule has 1 saturated carbocycles. The first-order valence-electron chi connectivity index (χ1n) is 6.18. The largest absolute Gasteiger partial charge is 0.381 e. The van der Waals surface area contributed by atoms with Gasteiger partial charge in [0.2, 0.25) is 0 Å². The van der Waals surface area contributed by atoms with Crippen molar-refractivity contribution < 1.29 is 4.74 Å². The molecule has 2 N–H and O–H groups in total. The molecule has 0 unspecified atom stereocenters. The fourth-order valence-electron chi connectivity index (χ4n) is 2.88. The van der Waals surface area contributed by atoms with Crippen molar-refractivity contribution >= 4 is 0 Å². The van der Waals surface area contributed by atoms with E-state index in [1.165, 1.54) is 44.9 Å². The molecule has 2 nitrogen and oxygen atoms in total. The van der Waals surface area contributed by atoms with Gasteiger partial charge in [-0.2, -0.15) is 0 Å². The maximum absolute atomic E-state index is 5.91. The SMILES string of the molecule is NC1CCC(CC2CCOCC2)CC1. The van der Waals surface area contributed by atoms with Gasteiger partial charge in [-0.05, 0) is 56.8 Å². The molecule has 1 heterocycles. The van der Waals surface area contributed by atoms with Crippen LogP contribution in [0.25, 0.3) is 0 Å². The van der Waals surface area contributed by atoms with Gasteiger partial charge in [0.25, 0.3) is 0 Å². The van der Waals surface area contributed by atoms with Gasteiger partial charge < -0.3 is 10.5 Å². The predicted molar refractivity (Wildman–Crippen MR) is 58.1 cm³/mol. The maximum Gasteiger partial charge on any atom is 0.0468 e. The number of hydrogen-bond acceptors (Lipinski definition) is 2. The Kier molecular flexibility index (Phi) is 3.82. The molecule has 14 heavy (non-hydrogen) atoms. The molecule has 2 fully saturated rings. The minimum Gasteiger partial charge on any atom is -0.381 e. The second kappa shape index (κ2) is 5.13. The molecule has 0 bridgehead atoms. The van der Waals surface area contributed by atoms with Crippen LogP contribution < -0.4 is 5.73 Å². The van der Waals surface area contributed by atoms with E-state index in [4.69, 9.17) is 10.5 Å². The number of ether oxygens (including phenoxy) is 1. The molecule has 2 heteroatoms. The van der Waals surface area contributed by atoms with Crippen LogP contribution in [0.15, 0.2) is 0 Å². The molecule has 1 aliphatic carbocycles. The summed E-state index contributed by atoms with van der Waals surface area (Å²) in [5, 5.41) is 0. The second-order valence-corrected chi connectivity index (χ2v) is 5.07. The Morgan fingerprint density at radius 3 is 2.07 bits per heavy atom. The van der Waals surface area contributed by atoms with Crippen LogP contribution in [0.5, 0.6) is 0 Å². The van der Waals surface area contributed by atoms with Crippen molar-refractivity contribution in [3.05, 3.63) is 0 Å². The highest BCUT2D eigenvalue weighted by Crippen LogP contribution is 2.31. The molecule has 2 aliphatic rings. The zero-order valence-electron chi connectivity index (χ0n) is 9.08. The molecule has 0 aromatic carbocycles. The Bertz CT molecular complexity index is 158. The molecule has 82 valence electrons. The van der Waals surface area contributed by atoms with Crippen molar-refractivity contribution in [1.82, 2.24) is 0 Å². The molecule has 2 rings (SSSR count). The number of rotatable bonds is 2. The predicted octanol–water partition coefficient (Wildman–Crippen LogP) is 2.32. The van der Waals surface area contributed by atoms with Crippen molar-refractivity contribution in [3.63, 3.8) is 0 Å². The summed E-state index contributed by atoms with van der Waals surface area (Å²) in [6, 6.07) is 0.501. The topological polar surface area (TPSA) is 35.2 Å². The third-order valence-corrected chi connectivity index (χ3v) is 3.90. The van der Waals surface area contributed by atoms with Gasteiger partial charge in [0.15, 0.2) is 0 Å². The molecule has 0 aromatic heterocycles. The number of hydrogen-bond donors (Lipinski definition) is 1. The first kappa shape index (κ1) is 10.4. The van der Waals surface area contributed by atoms with Gasteiger partial charge in [-0.1, -0.05) is 0 Å². The van der Waals surface area contributed by atoms with Crippen LogP contribution in [0.4, 0.5) is 0 Å². The Hall–Kier alpha value is -0.0800. The van der Waals surface area contributed by atoms with Gasteiger partial charge in [0, 0.05) is 19.3 Å². The summed E-state index contributed by atoms with van der Waals surface area (Å²) < 4.78 is 5.39. The van der Waals surface area contributed by atoms with Crippen LogP contribution in [0.1, 0.15) is 44.9 Å². The van der Waals surface area contributed by atoms with E-state index < -0.39 is 0 Å². The lowest BCUT2D eigenvalue weighted by atomic mass is 9.79. The highest BCUT2D eigenvalue weighted by atomic mass is 16.5. The smallest absolute Gasteiger partial charge is 0.0468 e. The van der Waals surface area contributed by atoms with E-state index in [0.717, 1.165) is 25.0 Å². The fourth-order valence-corrected chi connectivity index (χ4v) is 2.88.